The maximum absolute atomic E-state index is 12.2. The zero-order valence-corrected chi connectivity index (χ0v) is 11.7. The largest absolute Gasteiger partial charge is 0.351 e. The van der Waals surface area contributed by atoms with Gasteiger partial charge in [-0.05, 0) is 36.8 Å². The number of fused-ring (bicyclic) bond motifs is 1. The number of carbonyl (C=O) groups excluding carboxylic acids is 1. The third kappa shape index (κ3) is 2.40. The Morgan fingerprint density at radius 3 is 2.70 bits per heavy atom. The lowest BCUT2D eigenvalue weighted by atomic mass is 10.2. The van der Waals surface area contributed by atoms with Crippen molar-refractivity contribution in [1.82, 2.24) is 4.98 Å². The van der Waals surface area contributed by atoms with E-state index >= 15 is 0 Å². The molecule has 0 spiro atoms. The van der Waals surface area contributed by atoms with E-state index in [1.54, 1.807) is 6.07 Å². The average Bonchev–Trinajstić information content (AvgIpc) is 2.87. The third-order valence-corrected chi connectivity index (χ3v) is 3.61. The van der Waals surface area contributed by atoms with Crippen molar-refractivity contribution in [3.8, 4) is 0 Å². The van der Waals surface area contributed by atoms with Crippen molar-refractivity contribution in [3.63, 3.8) is 0 Å². The minimum Gasteiger partial charge on any atom is -0.351 e. The molecule has 20 heavy (non-hydrogen) atoms. The number of H-pyrrole nitrogens is 1. The first-order chi connectivity index (χ1) is 9.63. The van der Waals surface area contributed by atoms with Gasteiger partial charge in [0, 0.05) is 21.6 Å². The molecule has 1 aromatic heterocycles. The first-order valence-corrected chi connectivity index (χ1v) is 6.66. The summed E-state index contributed by atoms with van der Waals surface area (Å²) >= 11 is 6.05. The van der Waals surface area contributed by atoms with Crippen molar-refractivity contribution in [2.24, 2.45) is 0 Å². The van der Waals surface area contributed by atoms with Gasteiger partial charge in [-0.15, -0.1) is 0 Å². The number of anilines is 1. The molecule has 3 nitrogen and oxygen atoms in total. The molecule has 0 fully saturated rings. The number of aryl methyl sites for hydroxylation is 1. The minimum atomic E-state index is -0.180. The van der Waals surface area contributed by atoms with E-state index in [0.717, 1.165) is 16.5 Å². The molecular weight excluding hydrogens is 272 g/mol. The Balaban J connectivity index is 1.86. The SMILES string of the molecule is Cc1ccc(NC(=O)c2cc3ccccc3[nH]2)cc1Cl. The maximum Gasteiger partial charge on any atom is 0.272 e. The second kappa shape index (κ2) is 5.02. The Hall–Kier alpha value is -2.26. The Labute approximate surface area is 121 Å². The quantitative estimate of drug-likeness (QED) is 0.720. The van der Waals surface area contributed by atoms with Gasteiger partial charge in [-0.1, -0.05) is 35.9 Å². The predicted molar refractivity (Wildman–Crippen MR) is 82.4 cm³/mol. The van der Waals surface area contributed by atoms with Crippen LogP contribution in [0.4, 0.5) is 5.69 Å². The number of amides is 1. The zero-order chi connectivity index (χ0) is 14.1. The van der Waals surface area contributed by atoms with Crippen molar-refractivity contribution in [1.29, 1.82) is 0 Å². The van der Waals surface area contributed by atoms with Crippen molar-refractivity contribution >= 4 is 34.1 Å². The van der Waals surface area contributed by atoms with Gasteiger partial charge in [-0.25, -0.2) is 0 Å². The Morgan fingerprint density at radius 1 is 1.15 bits per heavy atom. The fourth-order valence-electron chi connectivity index (χ4n) is 2.06. The van der Waals surface area contributed by atoms with Crippen LogP contribution in [0, 0.1) is 6.92 Å². The van der Waals surface area contributed by atoms with Gasteiger partial charge in [0.1, 0.15) is 5.69 Å². The average molecular weight is 285 g/mol. The number of aromatic nitrogens is 1. The number of hydrogen-bond acceptors (Lipinski definition) is 1. The van der Waals surface area contributed by atoms with Gasteiger partial charge in [0.15, 0.2) is 0 Å². The monoisotopic (exact) mass is 284 g/mol. The van der Waals surface area contributed by atoms with E-state index in [-0.39, 0.29) is 5.91 Å². The lowest BCUT2D eigenvalue weighted by Gasteiger charge is -2.05. The Kier molecular flexibility index (Phi) is 3.20. The van der Waals surface area contributed by atoms with Crippen molar-refractivity contribution in [2.75, 3.05) is 5.32 Å². The first-order valence-electron chi connectivity index (χ1n) is 6.29. The molecule has 0 saturated carbocycles. The molecule has 0 radical (unpaired) electrons. The molecule has 0 atom stereocenters. The normalized spacial score (nSPS) is 10.7. The molecule has 0 aliphatic heterocycles. The first kappa shape index (κ1) is 12.8. The second-order valence-corrected chi connectivity index (χ2v) is 5.10. The summed E-state index contributed by atoms with van der Waals surface area (Å²) in [5.41, 5.74) is 3.14. The molecule has 4 heteroatoms. The van der Waals surface area contributed by atoms with Crippen LogP contribution in [0.2, 0.25) is 5.02 Å². The highest BCUT2D eigenvalue weighted by molar-refractivity contribution is 6.31. The van der Waals surface area contributed by atoms with E-state index in [0.29, 0.717) is 16.4 Å². The Morgan fingerprint density at radius 2 is 1.95 bits per heavy atom. The zero-order valence-electron chi connectivity index (χ0n) is 10.9. The standard InChI is InChI=1S/C16H13ClN2O/c1-10-6-7-12(9-13(10)17)18-16(20)15-8-11-4-2-3-5-14(11)19-15/h2-9,19H,1H3,(H,18,20). The lowest BCUT2D eigenvalue weighted by molar-refractivity contribution is 0.102. The number of benzene rings is 2. The highest BCUT2D eigenvalue weighted by Gasteiger charge is 2.10. The smallest absolute Gasteiger partial charge is 0.272 e. The number of rotatable bonds is 2. The van der Waals surface area contributed by atoms with Crippen molar-refractivity contribution < 1.29 is 4.79 Å². The Bertz CT molecular complexity index is 759. The lowest BCUT2D eigenvalue weighted by Crippen LogP contribution is -2.12. The van der Waals surface area contributed by atoms with E-state index in [2.05, 4.69) is 10.3 Å². The van der Waals surface area contributed by atoms with Crippen LogP contribution < -0.4 is 5.32 Å². The van der Waals surface area contributed by atoms with Gasteiger partial charge in [-0.3, -0.25) is 4.79 Å². The van der Waals surface area contributed by atoms with Gasteiger partial charge in [-0.2, -0.15) is 0 Å². The summed E-state index contributed by atoms with van der Waals surface area (Å²) in [6, 6.07) is 15.1. The number of hydrogen-bond donors (Lipinski definition) is 2. The molecule has 3 rings (SSSR count). The van der Waals surface area contributed by atoms with Crippen molar-refractivity contribution in [3.05, 3.63) is 64.8 Å². The number of nitrogens with one attached hydrogen (secondary N) is 2. The van der Waals surface area contributed by atoms with Crippen LogP contribution in [-0.2, 0) is 0 Å². The molecule has 0 bridgehead atoms. The summed E-state index contributed by atoms with van der Waals surface area (Å²) in [5.74, 6) is -0.180. The predicted octanol–water partition coefficient (Wildman–Crippen LogP) is 4.38. The molecule has 1 amide bonds. The van der Waals surface area contributed by atoms with Crippen LogP contribution in [0.1, 0.15) is 16.1 Å². The summed E-state index contributed by atoms with van der Waals surface area (Å²) in [4.78, 5) is 15.3. The number of halogens is 1. The van der Waals surface area contributed by atoms with E-state index < -0.39 is 0 Å². The van der Waals surface area contributed by atoms with Crippen LogP contribution in [0.15, 0.2) is 48.5 Å². The summed E-state index contributed by atoms with van der Waals surface area (Å²) < 4.78 is 0. The molecule has 0 saturated heterocycles. The minimum absolute atomic E-state index is 0.180. The van der Waals surface area contributed by atoms with E-state index in [1.165, 1.54) is 0 Å². The third-order valence-electron chi connectivity index (χ3n) is 3.20. The molecule has 2 N–H and O–H groups in total. The van der Waals surface area contributed by atoms with Crippen LogP contribution in [0.25, 0.3) is 10.9 Å². The number of aromatic amines is 1. The summed E-state index contributed by atoms with van der Waals surface area (Å²) in [7, 11) is 0. The molecule has 0 aliphatic rings. The van der Waals surface area contributed by atoms with Gasteiger partial charge in [0.25, 0.3) is 5.91 Å². The van der Waals surface area contributed by atoms with Gasteiger partial charge >= 0.3 is 0 Å². The topological polar surface area (TPSA) is 44.9 Å². The second-order valence-electron chi connectivity index (χ2n) is 4.69. The summed E-state index contributed by atoms with van der Waals surface area (Å²) in [6.07, 6.45) is 0. The fourth-order valence-corrected chi connectivity index (χ4v) is 2.25. The van der Waals surface area contributed by atoms with Crippen LogP contribution >= 0.6 is 11.6 Å². The molecular formula is C16H13ClN2O. The van der Waals surface area contributed by atoms with E-state index in [1.807, 2.05) is 49.4 Å². The number of para-hydroxylation sites is 1. The number of carbonyl (C=O) groups is 1. The highest BCUT2D eigenvalue weighted by Crippen LogP contribution is 2.21. The molecule has 2 aromatic carbocycles. The fraction of sp³-hybridized carbons (Fsp3) is 0.0625. The van der Waals surface area contributed by atoms with Gasteiger partial charge in [0.05, 0.1) is 0 Å². The van der Waals surface area contributed by atoms with E-state index in [4.69, 9.17) is 11.6 Å². The van der Waals surface area contributed by atoms with Gasteiger partial charge < -0.3 is 10.3 Å². The van der Waals surface area contributed by atoms with Crippen molar-refractivity contribution in [2.45, 2.75) is 6.92 Å². The molecule has 1 heterocycles. The molecule has 0 aliphatic carbocycles. The summed E-state index contributed by atoms with van der Waals surface area (Å²) in [6.45, 7) is 1.92. The maximum atomic E-state index is 12.2. The van der Waals surface area contributed by atoms with E-state index in [9.17, 15) is 4.79 Å². The summed E-state index contributed by atoms with van der Waals surface area (Å²) in [5, 5.41) is 4.48. The highest BCUT2D eigenvalue weighted by atomic mass is 35.5. The van der Waals surface area contributed by atoms with Gasteiger partial charge in [0.2, 0.25) is 0 Å². The molecule has 3 aromatic rings. The molecule has 0 unspecified atom stereocenters. The van der Waals surface area contributed by atoms with Crippen LogP contribution in [0.3, 0.4) is 0 Å². The van der Waals surface area contributed by atoms with Crippen LogP contribution in [-0.4, -0.2) is 10.9 Å². The molecule has 100 valence electrons. The van der Waals surface area contributed by atoms with Crippen LogP contribution in [0.5, 0.6) is 0 Å².